The Morgan fingerprint density at radius 2 is 1.53 bits per heavy atom. The first-order valence-electron chi connectivity index (χ1n) is 16.1. The second kappa shape index (κ2) is 18.1. The lowest BCUT2D eigenvalue weighted by Gasteiger charge is -2.36. The molecule has 244 valence electrons. The Labute approximate surface area is 297 Å². The topological polar surface area (TPSA) is 24.2 Å². The number of para-hydroxylation sites is 2. The van der Waals surface area contributed by atoms with Crippen molar-refractivity contribution in [2.45, 2.75) is 72.8 Å². The van der Waals surface area contributed by atoms with Gasteiger partial charge in [0, 0.05) is 54.7 Å². The maximum Gasteiger partial charge on any atom is 0.262 e. The number of rotatable bonds is 15. The monoisotopic (exact) mass is 755 g/mol. The van der Waals surface area contributed by atoms with Crippen LogP contribution in [0.15, 0.2) is 90.7 Å². The number of aryl methyl sites for hydroxylation is 1. The van der Waals surface area contributed by atoms with E-state index in [2.05, 4.69) is 135 Å². The van der Waals surface area contributed by atoms with Gasteiger partial charge in [0.15, 0.2) is 6.54 Å². The number of anilines is 1. The molecule has 0 aliphatic carbocycles. The van der Waals surface area contributed by atoms with Gasteiger partial charge in [-0.15, -0.1) is 0 Å². The summed E-state index contributed by atoms with van der Waals surface area (Å²) in [6.45, 7) is 20.1. The highest BCUT2D eigenvalue weighted by Gasteiger charge is 2.39. The van der Waals surface area contributed by atoms with Gasteiger partial charge in [0.1, 0.15) is 10.5 Å². The van der Waals surface area contributed by atoms with Crippen molar-refractivity contribution in [2.24, 2.45) is 0 Å². The number of thiazole rings is 1. The van der Waals surface area contributed by atoms with Gasteiger partial charge in [0.2, 0.25) is 5.52 Å². The van der Waals surface area contributed by atoms with Gasteiger partial charge in [-0.2, -0.15) is 4.57 Å². The van der Waals surface area contributed by atoms with E-state index in [1.54, 1.807) is 18.3 Å². The summed E-state index contributed by atoms with van der Waals surface area (Å²) in [5.41, 5.74) is 5.34. The number of hydrogen-bond donors (Lipinski definition) is 0. The molecule has 0 N–H and O–H groups in total. The summed E-state index contributed by atoms with van der Waals surface area (Å²) in [4.78, 5) is 14.0. The van der Waals surface area contributed by atoms with E-state index >= 15 is 0 Å². The zero-order valence-corrected chi connectivity index (χ0v) is 31.9. The van der Waals surface area contributed by atoms with Crippen LogP contribution < -0.4 is 43.4 Å². The first kappa shape index (κ1) is 38.9. The zero-order chi connectivity index (χ0) is 30.9. The molecule has 45 heavy (non-hydrogen) atoms. The molecule has 0 unspecified atom stereocenters. The molecular formula is C38H51Br2N3OS. The van der Waals surface area contributed by atoms with Crippen LogP contribution in [-0.4, -0.2) is 43.0 Å². The SMILES string of the molecule is CC[N+](CC)(CC)CCCN1C(=CC=CC=CC=Cc2sc3ccccc3[n+]2CCCC(C)=O)C(C)(C)c2ccccc21.[Br-].[Br-]. The van der Waals surface area contributed by atoms with Gasteiger partial charge >= 0.3 is 0 Å². The first-order valence-corrected chi connectivity index (χ1v) is 16.9. The van der Waals surface area contributed by atoms with Crippen molar-refractivity contribution in [3.63, 3.8) is 0 Å². The third-order valence-corrected chi connectivity index (χ3v) is 10.4. The molecule has 2 aromatic carbocycles. The fourth-order valence-corrected chi connectivity index (χ4v) is 7.56. The van der Waals surface area contributed by atoms with Gasteiger partial charge in [-0.3, -0.25) is 0 Å². The summed E-state index contributed by atoms with van der Waals surface area (Å²) in [6, 6.07) is 17.4. The molecule has 0 amide bonds. The molecule has 0 bridgehead atoms. The van der Waals surface area contributed by atoms with Crippen LogP contribution >= 0.6 is 11.3 Å². The third-order valence-electron chi connectivity index (χ3n) is 9.31. The Balaban J connectivity index is 0.00000353. The Morgan fingerprint density at radius 1 is 0.889 bits per heavy atom. The fraction of sp³-hybridized carbons (Fsp3) is 0.421. The van der Waals surface area contributed by atoms with Crippen molar-refractivity contribution < 1.29 is 47.8 Å². The van der Waals surface area contributed by atoms with Crippen LogP contribution in [0.25, 0.3) is 16.3 Å². The lowest BCUT2D eigenvalue weighted by atomic mass is 9.84. The number of quaternary nitrogens is 1. The molecule has 3 aromatic rings. The van der Waals surface area contributed by atoms with Crippen LogP contribution in [0.4, 0.5) is 5.69 Å². The van der Waals surface area contributed by atoms with Crippen molar-refractivity contribution in [2.75, 3.05) is 37.6 Å². The number of aromatic nitrogens is 1. The van der Waals surface area contributed by atoms with Crippen LogP contribution in [-0.2, 0) is 16.8 Å². The molecule has 4 nitrogen and oxygen atoms in total. The number of fused-ring (bicyclic) bond motifs is 2. The standard InChI is InChI=1S/C38H51N3OS.2BrH/c1-7-41(8-2,9-3)30-20-29-39-33-23-16-15-22-32(33)38(5,6)36(39)26-13-11-10-12-14-27-37-40(28-19-21-31(4)42)34-24-17-18-25-35(34)43-37;;/h10-18,22-27H,7-9,19-21,28-30H2,1-6H3;2*1H/q+2;;/p-2. The lowest BCUT2D eigenvalue weighted by molar-refractivity contribution is -0.923. The minimum atomic E-state index is -0.0338. The van der Waals surface area contributed by atoms with Crippen LogP contribution in [0.5, 0.6) is 0 Å². The van der Waals surface area contributed by atoms with Gasteiger partial charge in [-0.05, 0) is 51.5 Å². The molecule has 2 heterocycles. The molecular weight excluding hydrogens is 706 g/mol. The number of benzene rings is 2. The maximum atomic E-state index is 11.5. The highest BCUT2D eigenvalue weighted by molar-refractivity contribution is 7.18. The Hall–Kier alpha value is -2.32. The average Bonchev–Trinajstić information content (AvgIpc) is 3.46. The van der Waals surface area contributed by atoms with Gasteiger partial charge in [-0.25, -0.2) is 0 Å². The molecule has 0 spiro atoms. The number of allylic oxidation sites excluding steroid dienone is 7. The summed E-state index contributed by atoms with van der Waals surface area (Å²) in [7, 11) is 0. The van der Waals surface area contributed by atoms with Gasteiger partial charge in [-0.1, -0.05) is 85.9 Å². The summed E-state index contributed by atoms with van der Waals surface area (Å²) < 4.78 is 4.80. The van der Waals surface area contributed by atoms with E-state index in [9.17, 15) is 4.79 Å². The van der Waals surface area contributed by atoms with Crippen LogP contribution in [0.1, 0.15) is 71.4 Å². The number of carbonyl (C=O) groups is 1. The van der Waals surface area contributed by atoms with E-state index in [1.165, 1.54) is 69.3 Å². The van der Waals surface area contributed by atoms with E-state index < -0.39 is 0 Å². The smallest absolute Gasteiger partial charge is 0.262 e. The largest absolute Gasteiger partial charge is 1.00 e. The number of ketones is 1. The predicted molar refractivity (Wildman–Crippen MR) is 186 cm³/mol. The Kier molecular flexibility index (Phi) is 15.7. The maximum absolute atomic E-state index is 11.5. The number of hydrogen-bond acceptors (Lipinski definition) is 3. The van der Waals surface area contributed by atoms with Gasteiger partial charge in [0.25, 0.3) is 5.01 Å². The number of nitrogens with zero attached hydrogens (tertiary/aromatic N) is 3. The van der Waals surface area contributed by atoms with Crippen molar-refractivity contribution in [1.82, 2.24) is 0 Å². The molecule has 1 aromatic heterocycles. The molecule has 0 saturated carbocycles. The normalized spacial score (nSPS) is 15.3. The summed E-state index contributed by atoms with van der Waals surface area (Å²) in [5.74, 6) is 0.251. The fourth-order valence-electron chi connectivity index (χ4n) is 6.46. The van der Waals surface area contributed by atoms with Gasteiger partial charge < -0.3 is 48.1 Å². The molecule has 1 aliphatic heterocycles. The number of carbonyl (C=O) groups excluding carboxylic acids is 1. The van der Waals surface area contributed by atoms with Crippen LogP contribution in [0, 0.1) is 0 Å². The van der Waals surface area contributed by atoms with E-state index in [0.29, 0.717) is 6.42 Å². The number of Topliss-reactive ketones (excluding diaryl/α,β-unsaturated/α-hetero) is 1. The quantitative estimate of drug-likeness (QED) is 0.136. The first-order chi connectivity index (χ1) is 20.8. The van der Waals surface area contributed by atoms with E-state index in [-0.39, 0.29) is 45.2 Å². The van der Waals surface area contributed by atoms with E-state index in [0.717, 1.165) is 19.5 Å². The van der Waals surface area contributed by atoms with E-state index in [4.69, 9.17) is 0 Å². The molecule has 7 heteroatoms. The highest BCUT2D eigenvalue weighted by Crippen LogP contribution is 2.47. The zero-order valence-electron chi connectivity index (χ0n) is 27.9. The molecule has 0 saturated heterocycles. The summed E-state index contributed by atoms with van der Waals surface area (Å²) in [5, 5.41) is 1.21. The lowest BCUT2D eigenvalue weighted by Crippen LogP contribution is -3.00. The van der Waals surface area contributed by atoms with Gasteiger partial charge in [0.05, 0.1) is 26.2 Å². The van der Waals surface area contributed by atoms with Crippen molar-refractivity contribution in [3.05, 3.63) is 101 Å². The average molecular weight is 758 g/mol. The Morgan fingerprint density at radius 3 is 2.24 bits per heavy atom. The van der Waals surface area contributed by atoms with Crippen LogP contribution in [0.2, 0.25) is 0 Å². The highest BCUT2D eigenvalue weighted by atomic mass is 79.9. The predicted octanol–water partition coefficient (Wildman–Crippen LogP) is 2.64. The second-order valence-corrected chi connectivity index (χ2v) is 13.3. The second-order valence-electron chi connectivity index (χ2n) is 12.2. The van der Waals surface area contributed by atoms with E-state index in [1.807, 2.05) is 0 Å². The van der Waals surface area contributed by atoms with Crippen LogP contribution in [0.3, 0.4) is 0 Å². The van der Waals surface area contributed by atoms with Crippen molar-refractivity contribution in [3.8, 4) is 0 Å². The molecule has 0 atom stereocenters. The minimum Gasteiger partial charge on any atom is -1.00 e. The van der Waals surface area contributed by atoms with Crippen molar-refractivity contribution in [1.29, 1.82) is 0 Å². The van der Waals surface area contributed by atoms with Crippen molar-refractivity contribution >= 4 is 39.1 Å². The summed E-state index contributed by atoms with van der Waals surface area (Å²) in [6.07, 6.45) is 17.8. The molecule has 0 radical (unpaired) electrons. The minimum absolute atomic E-state index is 0. The third kappa shape index (κ3) is 9.37. The molecule has 0 fully saturated rings. The molecule has 4 rings (SSSR count). The number of halogens is 2. The summed E-state index contributed by atoms with van der Waals surface area (Å²) >= 11 is 1.80. The Bertz CT molecular complexity index is 1510. The molecule has 1 aliphatic rings.